The summed E-state index contributed by atoms with van der Waals surface area (Å²) < 4.78 is 12.5. The maximum absolute atomic E-state index is 5.89. The van der Waals surface area contributed by atoms with Crippen LogP contribution in [-0.2, 0) is 24.4 Å². The Kier molecular flexibility index (Phi) is 6.67. The van der Waals surface area contributed by atoms with Crippen LogP contribution in [0.4, 0.5) is 0 Å². The standard InChI is InChI=1S/C23H26N3O/c1-2-18-27-22-23(19-24-12-6-3-7-13-24,20-25-14-8-4-9-15-25)21-26-16-10-5-11-17-26/h1,3-17H,18-22H2/q+3. The van der Waals surface area contributed by atoms with E-state index in [0.717, 1.165) is 19.6 Å². The van der Waals surface area contributed by atoms with Gasteiger partial charge in [0.25, 0.3) is 0 Å². The lowest BCUT2D eigenvalue weighted by Gasteiger charge is -2.24. The Morgan fingerprint density at radius 1 is 0.630 bits per heavy atom. The monoisotopic (exact) mass is 360 g/mol. The van der Waals surface area contributed by atoms with Gasteiger partial charge in [0.15, 0.2) is 62.2 Å². The summed E-state index contributed by atoms with van der Waals surface area (Å²) in [5.41, 5.74) is -0.166. The number of aromatic nitrogens is 3. The Morgan fingerprint density at radius 3 is 1.33 bits per heavy atom. The topological polar surface area (TPSA) is 20.9 Å². The Bertz CT molecular complexity index is 744. The SMILES string of the molecule is C#CCOCC(C[n+]1ccccc1)(C[n+]1ccccc1)C[n+]1ccccc1. The first-order chi connectivity index (χ1) is 13.3. The van der Waals surface area contributed by atoms with Crippen LogP contribution in [0.5, 0.6) is 0 Å². The molecule has 0 fully saturated rings. The minimum absolute atomic E-state index is 0.166. The molecule has 3 aromatic rings. The molecule has 4 nitrogen and oxygen atoms in total. The molecular weight excluding hydrogens is 334 g/mol. The molecule has 0 amide bonds. The zero-order valence-electron chi connectivity index (χ0n) is 15.5. The number of terminal acetylenes is 1. The number of hydrogen-bond donors (Lipinski definition) is 0. The molecule has 0 saturated carbocycles. The lowest BCUT2D eigenvalue weighted by molar-refractivity contribution is -0.784. The van der Waals surface area contributed by atoms with Crippen LogP contribution in [0.1, 0.15) is 0 Å². The predicted molar refractivity (Wildman–Crippen MR) is 102 cm³/mol. The van der Waals surface area contributed by atoms with Gasteiger partial charge < -0.3 is 4.74 Å². The highest BCUT2D eigenvalue weighted by molar-refractivity contribution is 4.87. The molecule has 0 N–H and O–H groups in total. The van der Waals surface area contributed by atoms with Gasteiger partial charge in [0, 0.05) is 36.4 Å². The minimum atomic E-state index is -0.166. The highest BCUT2D eigenvalue weighted by Gasteiger charge is 2.43. The van der Waals surface area contributed by atoms with Crippen molar-refractivity contribution in [2.45, 2.75) is 19.6 Å². The summed E-state index contributed by atoms with van der Waals surface area (Å²) in [4.78, 5) is 0. The molecule has 27 heavy (non-hydrogen) atoms. The summed E-state index contributed by atoms with van der Waals surface area (Å²) >= 11 is 0. The van der Waals surface area contributed by atoms with E-state index in [0.29, 0.717) is 13.2 Å². The maximum Gasteiger partial charge on any atom is 0.170 e. The van der Waals surface area contributed by atoms with E-state index < -0.39 is 0 Å². The molecule has 0 spiro atoms. The van der Waals surface area contributed by atoms with Crippen LogP contribution in [0.25, 0.3) is 0 Å². The smallest absolute Gasteiger partial charge is 0.170 e. The normalized spacial score (nSPS) is 11.1. The molecule has 0 aliphatic rings. The van der Waals surface area contributed by atoms with E-state index in [1.54, 1.807) is 0 Å². The first-order valence-electron chi connectivity index (χ1n) is 9.13. The Balaban J connectivity index is 1.94. The minimum Gasteiger partial charge on any atom is -0.367 e. The molecule has 0 bridgehead atoms. The van der Waals surface area contributed by atoms with Gasteiger partial charge in [-0.05, 0) is 0 Å². The summed E-state index contributed by atoms with van der Waals surface area (Å²) in [5.74, 6) is 2.59. The number of pyridine rings is 3. The summed E-state index contributed by atoms with van der Waals surface area (Å²) in [7, 11) is 0. The van der Waals surface area contributed by atoms with Crippen molar-refractivity contribution in [3.05, 3.63) is 91.8 Å². The zero-order chi connectivity index (χ0) is 18.8. The van der Waals surface area contributed by atoms with Gasteiger partial charge in [-0.25, -0.2) is 13.7 Å². The summed E-state index contributed by atoms with van der Waals surface area (Å²) in [6, 6.07) is 18.4. The maximum atomic E-state index is 5.89. The third-order valence-electron chi connectivity index (χ3n) is 4.48. The second-order valence-corrected chi connectivity index (χ2v) is 6.84. The summed E-state index contributed by atoms with van der Waals surface area (Å²) in [6.45, 7) is 3.36. The molecule has 136 valence electrons. The summed E-state index contributed by atoms with van der Waals surface area (Å²) in [6.07, 6.45) is 18.0. The fourth-order valence-corrected chi connectivity index (χ4v) is 3.39. The Hall–Kier alpha value is -3.03. The van der Waals surface area contributed by atoms with Crippen molar-refractivity contribution in [2.24, 2.45) is 5.41 Å². The van der Waals surface area contributed by atoms with Crippen LogP contribution < -0.4 is 13.7 Å². The fourth-order valence-electron chi connectivity index (χ4n) is 3.39. The number of nitrogens with zero attached hydrogens (tertiary/aromatic N) is 3. The lowest BCUT2D eigenvalue weighted by Crippen LogP contribution is -2.59. The van der Waals surface area contributed by atoms with E-state index in [-0.39, 0.29) is 5.41 Å². The van der Waals surface area contributed by atoms with Crippen molar-refractivity contribution >= 4 is 0 Å². The van der Waals surface area contributed by atoms with Crippen LogP contribution in [0.3, 0.4) is 0 Å². The van der Waals surface area contributed by atoms with Crippen molar-refractivity contribution in [2.75, 3.05) is 13.2 Å². The van der Waals surface area contributed by atoms with Crippen molar-refractivity contribution < 1.29 is 18.4 Å². The van der Waals surface area contributed by atoms with E-state index in [9.17, 15) is 0 Å². The van der Waals surface area contributed by atoms with Crippen molar-refractivity contribution in [1.29, 1.82) is 0 Å². The largest absolute Gasteiger partial charge is 0.367 e. The van der Waals surface area contributed by atoms with Gasteiger partial charge in [0.1, 0.15) is 6.61 Å². The van der Waals surface area contributed by atoms with Crippen LogP contribution in [0.2, 0.25) is 0 Å². The number of ether oxygens (including phenoxy) is 1. The Morgan fingerprint density at radius 2 is 1.00 bits per heavy atom. The first-order valence-corrected chi connectivity index (χ1v) is 9.13. The second kappa shape index (κ2) is 9.61. The first kappa shape index (κ1) is 18.8. The molecule has 0 atom stereocenters. The number of rotatable bonds is 9. The van der Waals surface area contributed by atoms with Gasteiger partial charge in [0.2, 0.25) is 0 Å². The molecule has 0 saturated heterocycles. The van der Waals surface area contributed by atoms with Crippen molar-refractivity contribution in [1.82, 2.24) is 0 Å². The van der Waals surface area contributed by atoms with Crippen LogP contribution >= 0.6 is 0 Å². The zero-order valence-corrected chi connectivity index (χ0v) is 15.5. The van der Waals surface area contributed by atoms with Crippen molar-refractivity contribution in [3.63, 3.8) is 0 Å². The van der Waals surface area contributed by atoms with E-state index in [1.807, 2.05) is 18.2 Å². The quantitative estimate of drug-likeness (QED) is 0.322. The van der Waals surface area contributed by atoms with Gasteiger partial charge in [0.05, 0.1) is 6.61 Å². The molecule has 3 aromatic heterocycles. The average molecular weight is 360 g/mol. The van der Waals surface area contributed by atoms with E-state index in [2.05, 4.69) is 93.2 Å². The predicted octanol–water partition coefficient (Wildman–Crippen LogP) is 1.59. The van der Waals surface area contributed by atoms with Gasteiger partial charge in [-0.15, -0.1) is 6.42 Å². The van der Waals surface area contributed by atoms with Crippen LogP contribution in [0, 0.1) is 17.8 Å². The molecule has 0 aromatic carbocycles. The van der Waals surface area contributed by atoms with E-state index in [4.69, 9.17) is 11.2 Å². The lowest BCUT2D eigenvalue weighted by atomic mass is 9.87. The van der Waals surface area contributed by atoms with Crippen LogP contribution in [0.15, 0.2) is 91.8 Å². The van der Waals surface area contributed by atoms with Gasteiger partial charge in [-0.2, -0.15) is 0 Å². The molecule has 4 heteroatoms. The number of hydrogen-bond acceptors (Lipinski definition) is 1. The van der Waals surface area contributed by atoms with Gasteiger partial charge in [-0.3, -0.25) is 0 Å². The molecule has 3 heterocycles. The highest BCUT2D eigenvalue weighted by Crippen LogP contribution is 2.20. The Labute approximate surface area is 161 Å². The third-order valence-corrected chi connectivity index (χ3v) is 4.48. The van der Waals surface area contributed by atoms with E-state index in [1.165, 1.54) is 0 Å². The average Bonchev–Trinajstić information content (AvgIpc) is 2.70. The molecule has 0 radical (unpaired) electrons. The molecule has 3 rings (SSSR count). The fraction of sp³-hybridized carbons (Fsp3) is 0.261. The molecular formula is C23H26N3O+3. The molecule has 0 aliphatic heterocycles. The van der Waals surface area contributed by atoms with Gasteiger partial charge in [-0.1, -0.05) is 24.1 Å². The highest BCUT2D eigenvalue weighted by atomic mass is 16.5. The third kappa shape index (κ3) is 5.73. The van der Waals surface area contributed by atoms with E-state index >= 15 is 0 Å². The van der Waals surface area contributed by atoms with Crippen LogP contribution in [-0.4, -0.2) is 13.2 Å². The van der Waals surface area contributed by atoms with Gasteiger partial charge >= 0.3 is 0 Å². The molecule has 0 aliphatic carbocycles. The summed E-state index contributed by atoms with van der Waals surface area (Å²) in [5, 5.41) is 0. The second-order valence-electron chi connectivity index (χ2n) is 6.84. The molecule has 0 unspecified atom stereocenters. The van der Waals surface area contributed by atoms with Crippen molar-refractivity contribution in [3.8, 4) is 12.3 Å².